The fraction of sp³-hybridized carbons (Fsp3) is 0.562. The van der Waals surface area contributed by atoms with Gasteiger partial charge in [0.25, 0.3) is 0 Å². The third-order valence-corrected chi connectivity index (χ3v) is 3.98. The molecule has 116 valence electrons. The van der Waals surface area contributed by atoms with Crippen molar-refractivity contribution in [1.29, 1.82) is 0 Å². The van der Waals surface area contributed by atoms with Crippen LogP contribution in [0.4, 0.5) is 4.39 Å². The van der Waals surface area contributed by atoms with Gasteiger partial charge < -0.3 is 10.5 Å². The quantitative estimate of drug-likeness (QED) is 0.820. The summed E-state index contributed by atoms with van der Waals surface area (Å²) in [5.74, 6) is -0.290. The molecule has 2 rings (SSSR count). The van der Waals surface area contributed by atoms with E-state index in [-0.39, 0.29) is 16.9 Å². The van der Waals surface area contributed by atoms with Gasteiger partial charge in [0.2, 0.25) is 0 Å². The van der Waals surface area contributed by atoms with Crippen LogP contribution in [0.5, 0.6) is 0 Å². The summed E-state index contributed by atoms with van der Waals surface area (Å²) < 4.78 is 20.2. The molecule has 1 saturated heterocycles. The molecule has 0 saturated carbocycles. The molecule has 1 atom stereocenters. The predicted molar refractivity (Wildman–Crippen MR) is 86.8 cm³/mol. The van der Waals surface area contributed by atoms with Gasteiger partial charge in [-0.05, 0) is 31.9 Å². The number of hydrogen-bond acceptors (Lipinski definition) is 3. The number of ether oxygens (including phenoxy) is 1. The number of rotatable bonds is 6. The summed E-state index contributed by atoms with van der Waals surface area (Å²) in [5.41, 5.74) is 6.53. The van der Waals surface area contributed by atoms with E-state index in [9.17, 15) is 4.39 Å². The molecule has 1 unspecified atom stereocenters. The Kier molecular flexibility index (Phi) is 6.08. The lowest BCUT2D eigenvalue weighted by Gasteiger charge is -2.32. The molecule has 1 aromatic rings. The van der Waals surface area contributed by atoms with Crippen LogP contribution in [-0.2, 0) is 11.3 Å². The summed E-state index contributed by atoms with van der Waals surface area (Å²) in [6.45, 7) is 5.31. The van der Waals surface area contributed by atoms with E-state index in [4.69, 9.17) is 22.7 Å². The first-order valence-electron chi connectivity index (χ1n) is 7.53. The minimum absolute atomic E-state index is 0.108. The predicted octanol–water partition coefficient (Wildman–Crippen LogP) is 2.85. The van der Waals surface area contributed by atoms with Crippen molar-refractivity contribution in [2.24, 2.45) is 5.73 Å². The maximum Gasteiger partial charge on any atom is 0.137 e. The smallest absolute Gasteiger partial charge is 0.137 e. The fourth-order valence-corrected chi connectivity index (χ4v) is 2.87. The molecule has 1 fully saturated rings. The molecular weight excluding hydrogens is 287 g/mol. The molecule has 1 heterocycles. The third kappa shape index (κ3) is 4.46. The van der Waals surface area contributed by atoms with Gasteiger partial charge in [-0.3, -0.25) is 4.90 Å². The first kappa shape index (κ1) is 16.3. The highest BCUT2D eigenvalue weighted by Crippen LogP contribution is 2.19. The second-order valence-corrected chi connectivity index (χ2v) is 5.95. The Labute approximate surface area is 131 Å². The summed E-state index contributed by atoms with van der Waals surface area (Å²) in [5, 5.41) is 0. The normalized spacial score (nSPS) is 19.6. The van der Waals surface area contributed by atoms with E-state index in [1.165, 1.54) is 0 Å². The van der Waals surface area contributed by atoms with Crippen molar-refractivity contribution in [1.82, 2.24) is 4.90 Å². The van der Waals surface area contributed by atoms with Crippen LogP contribution in [0.3, 0.4) is 0 Å². The molecule has 3 nitrogen and oxygen atoms in total. The number of thiocarbonyl (C=S) groups is 1. The summed E-state index contributed by atoms with van der Waals surface area (Å²) in [7, 11) is 0. The monoisotopic (exact) mass is 310 g/mol. The lowest BCUT2D eigenvalue weighted by molar-refractivity contribution is -0.00247. The van der Waals surface area contributed by atoms with Crippen molar-refractivity contribution >= 4 is 17.2 Å². The molecule has 5 heteroatoms. The molecule has 0 radical (unpaired) electrons. The van der Waals surface area contributed by atoms with Gasteiger partial charge in [0.05, 0.1) is 6.10 Å². The van der Waals surface area contributed by atoms with Gasteiger partial charge in [0.1, 0.15) is 10.8 Å². The lowest BCUT2D eigenvalue weighted by Crippen LogP contribution is -2.39. The van der Waals surface area contributed by atoms with Crippen molar-refractivity contribution in [3.63, 3.8) is 0 Å². The van der Waals surface area contributed by atoms with E-state index in [2.05, 4.69) is 11.8 Å². The van der Waals surface area contributed by atoms with E-state index in [0.29, 0.717) is 17.7 Å². The van der Waals surface area contributed by atoms with Crippen molar-refractivity contribution in [2.45, 2.75) is 38.8 Å². The second-order valence-electron chi connectivity index (χ2n) is 5.51. The maximum atomic E-state index is 14.4. The Hall–Kier alpha value is -1.04. The van der Waals surface area contributed by atoms with Crippen LogP contribution in [0.25, 0.3) is 0 Å². The highest BCUT2D eigenvalue weighted by Gasteiger charge is 2.21. The Morgan fingerprint density at radius 1 is 1.52 bits per heavy atom. The van der Waals surface area contributed by atoms with E-state index in [0.717, 1.165) is 39.0 Å². The first-order chi connectivity index (χ1) is 10.1. The van der Waals surface area contributed by atoms with Gasteiger partial charge in [0.15, 0.2) is 0 Å². The van der Waals surface area contributed by atoms with Crippen LogP contribution in [0.1, 0.15) is 37.3 Å². The minimum atomic E-state index is -0.290. The van der Waals surface area contributed by atoms with Crippen LogP contribution in [0.15, 0.2) is 18.2 Å². The number of benzene rings is 1. The molecular formula is C16H23FN2OS. The van der Waals surface area contributed by atoms with Gasteiger partial charge in [-0.1, -0.05) is 31.3 Å². The van der Waals surface area contributed by atoms with Crippen molar-refractivity contribution in [3.8, 4) is 0 Å². The molecule has 0 spiro atoms. The van der Waals surface area contributed by atoms with Crippen LogP contribution in [0, 0.1) is 5.82 Å². The Morgan fingerprint density at radius 2 is 2.33 bits per heavy atom. The zero-order valence-electron chi connectivity index (χ0n) is 12.5. The molecule has 2 N–H and O–H groups in total. The number of nitrogens with zero attached hydrogens (tertiary/aromatic N) is 1. The number of halogens is 1. The van der Waals surface area contributed by atoms with E-state index < -0.39 is 0 Å². The number of hydrogen-bond donors (Lipinski definition) is 1. The lowest BCUT2D eigenvalue weighted by atomic mass is 10.1. The number of piperidine rings is 1. The molecule has 0 aliphatic carbocycles. The van der Waals surface area contributed by atoms with E-state index in [1.807, 2.05) is 6.07 Å². The van der Waals surface area contributed by atoms with Crippen LogP contribution in [0.2, 0.25) is 0 Å². The largest absolute Gasteiger partial charge is 0.389 e. The highest BCUT2D eigenvalue weighted by atomic mass is 32.1. The molecule has 1 aliphatic heterocycles. The third-order valence-electron chi connectivity index (χ3n) is 3.76. The van der Waals surface area contributed by atoms with Crippen LogP contribution in [-0.4, -0.2) is 35.7 Å². The summed E-state index contributed by atoms with van der Waals surface area (Å²) >= 11 is 4.88. The molecule has 1 aromatic carbocycles. The Morgan fingerprint density at radius 3 is 3.05 bits per heavy atom. The Balaban J connectivity index is 2.01. The Bertz CT molecular complexity index is 495. The molecule has 1 aliphatic rings. The van der Waals surface area contributed by atoms with Gasteiger partial charge in [-0.15, -0.1) is 0 Å². The van der Waals surface area contributed by atoms with Gasteiger partial charge >= 0.3 is 0 Å². The maximum absolute atomic E-state index is 14.4. The standard InChI is InChI=1S/C16H23FN2OS/c1-2-9-20-13-6-4-8-19(11-13)10-12-5-3-7-14(15(12)17)16(18)21/h3,5,7,13H,2,4,6,8-11H2,1H3,(H2,18,21). The minimum Gasteiger partial charge on any atom is -0.389 e. The van der Waals surface area contributed by atoms with E-state index >= 15 is 0 Å². The van der Waals surface area contributed by atoms with Crippen LogP contribution < -0.4 is 5.73 Å². The van der Waals surface area contributed by atoms with Crippen LogP contribution >= 0.6 is 12.2 Å². The number of nitrogens with two attached hydrogens (primary N) is 1. The zero-order chi connectivity index (χ0) is 15.2. The topological polar surface area (TPSA) is 38.5 Å². The average Bonchev–Trinajstić information content (AvgIpc) is 2.47. The zero-order valence-corrected chi connectivity index (χ0v) is 13.3. The van der Waals surface area contributed by atoms with Gasteiger partial charge in [0, 0.05) is 30.8 Å². The second kappa shape index (κ2) is 7.82. The summed E-state index contributed by atoms with van der Waals surface area (Å²) in [4.78, 5) is 2.35. The summed E-state index contributed by atoms with van der Waals surface area (Å²) in [6.07, 6.45) is 3.47. The first-order valence-corrected chi connectivity index (χ1v) is 7.93. The van der Waals surface area contributed by atoms with Crippen molar-refractivity contribution in [2.75, 3.05) is 19.7 Å². The van der Waals surface area contributed by atoms with Crippen molar-refractivity contribution < 1.29 is 9.13 Å². The molecule has 0 amide bonds. The summed E-state index contributed by atoms with van der Waals surface area (Å²) in [6, 6.07) is 5.24. The molecule has 0 bridgehead atoms. The average molecular weight is 310 g/mol. The fourth-order valence-electron chi connectivity index (χ4n) is 2.71. The van der Waals surface area contributed by atoms with Crippen molar-refractivity contribution in [3.05, 3.63) is 35.1 Å². The number of likely N-dealkylation sites (tertiary alicyclic amines) is 1. The highest BCUT2D eigenvalue weighted by molar-refractivity contribution is 7.80. The van der Waals surface area contributed by atoms with Gasteiger partial charge in [-0.25, -0.2) is 4.39 Å². The molecule has 0 aromatic heterocycles. The van der Waals surface area contributed by atoms with E-state index in [1.54, 1.807) is 12.1 Å². The van der Waals surface area contributed by atoms with Gasteiger partial charge in [-0.2, -0.15) is 0 Å². The molecule has 21 heavy (non-hydrogen) atoms. The SMILES string of the molecule is CCCOC1CCCN(Cc2cccc(C(N)=S)c2F)C1.